The van der Waals surface area contributed by atoms with Gasteiger partial charge in [-0.2, -0.15) is 0 Å². The normalized spacial score (nSPS) is 24.7. The van der Waals surface area contributed by atoms with E-state index >= 15 is 0 Å². The lowest BCUT2D eigenvalue weighted by Crippen LogP contribution is -2.18. The van der Waals surface area contributed by atoms with Gasteiger partial charge in [-0.05, 0) is 19.3 Å². The highest BCUT2D eigenvalue weighted by Gasteiger charge is 2.41. The first-order valence-corrected chi connectivity index (χ1v) is 5.46. The van der Waals surface area contributed by atoms with Gasteiger partial charge in [0.1, 0.15) is 0 Å². The summed E-state index contributed by atoms with van der Waals surface area (Å²) in [5.74, 6) is -2.13. The van der Waals surface area contributed by atoms with E-state index in [0.717, 1.165) is 19.3 Å². The minimum Gasteiger partial charge on any atom is -0.476 e. The average Bonchev–Trinajstić information content (AvgIpc) is 2.87. The van der Waals surface area contributed by atoms with Crippen LogP contribution in [-0.4, -0.2) is 32.1 Å². The molecule has 2 N–H and O–H groups in total. The lowest BCUT2D eigenvalue weighted by atomic mass is 10.00. The van der Waals surface area contributed by atoms with Gasteiger partial charge in [-0.25, -0.2) is 19.6 Å². The number of rotatable bonds is 2. The van der Waals surface area contributed by atoms with Crippen LogP contribution in [0.25, 0.3) is 0 Å². The molecule has 2 aliphatic rings. The van der Waals surface area contributed by atoms with E-state index < -0.39 is 23.3 Å². The Morgan fingerprint density at radius 1 is 0.941 bits per heavy atom. The summed E-state index contributed by atoms with van der Waals surface area (Å²) in [6.07, 6.45) is 2.92. The molecule has 2 bridgehead atoms. The summed E-state index contributed by atoms with van der Waals surface area (Å²) in [6, 6.07) is 0. The minimum atomic E-state index is -1.33. The Hall–Kier alpha value is -1.98. The van der Waals surface area contributed by atoms with Crippen LogP contribution in [0.1, 0.15) is 63.5 Å². The SMILES string of the molecule is O=C(O)c1nc2c(nc1C(=O)O)[C@H]1CC[C@@H]2C1. The maximum Gasteiger partial charge on any atom is 0.357 e. The third kappa shape index (κ3) is 1.33. The van der Waals surface area contributed by atoms with Crippen molar-refractivity contribution in [1.82, 2.24) is 9.97 Å². The first-order valence-electron chi connectivity index (χ1n) is 5.46. The van der Waals surface area contributed by atoms with E-state index in [2.05, 4.69) is 9.97 Å². The van der Waals surface area contributed by atoms with E-state index in [1.807, 2.05) is 0 Å². The van der Waals surface area contributed by atoms with Crippen LogP contribution >= 0.6 is 0 Å². The van der Waals surface area contributed by atoms with Crippen LogP contribution in [0.5, 0.6) is 0 Å². The predicted molar refractivity (Wildman–Crippen MR) is 55.3 cm³/mol. The Labute approximate surface area is 96.3 Å². The number of carboxylic acid groups (broad SMARTS) is 2. The molecule has 0 unspecified atom stereocenters. The van der Waals surface area contributed by atoms with Crippen molar-refractivity contribution in [3.63, 3.8) is 0 Å². The molecule has 0 aromatic carbocycles. The van der Waals surface area contributed by atoms with Crippen molar-refractivity contribution < 1.29 is 19.8 Å². The van der Waals surface area contributed by atoms with E-state index in [9.17, 15) is 9.59 Å². The van der Waals surface area contributed by atoms with Gasteiger partial charge in [0.2, 0.25) is 0 Å². The highest BCUT2D eigenvalue weighted by molar-refractivity contribution is 5.98. The molecule has 2 atom stereocenters. The summed E-state index contributed by atoms with van der Waals surface area (Å²) < 4.78 is 0. The standard InChI is InChI=1S/C11H10N2O4/c14-10(15)8-9(11(16)17)13-7-5-2-1-4(3-5)6(7)12-8/h4-5H,1-3H2,(H,14,15)(H,16,17)/t4-,5+. The van der Waals surface area contributed by atoms with Crippen LogP contribution in [0, 0.1) is 0 Å². The monoisotopic (exact) mass is 234 g/mol. The molecule has 1 saturated carbocycles. The zero-order valence-electron chi connectivity index (χ0n) is 8.88. The molecule has 88 valence electrons. The molecule has 0 spiro atoms. The van der Waals surface area contributed by atoms with Crippen molar-refractivity contribution in [3.8, 4) is 0 Å². The number of carboxylic acids is 2. The second-order valence-electron chi connectivity index (χ2n) is 4.51. The van der Waals surface area contributed by atoms with Crippen molar-refractivity contribution >= 4 is 11.9 Å². The third-order valence-electron chi connectivity index (χ3n) is 3.56. The van der Waals surface area contributed by atoms with E-state index in [4.69, 9.17) is 10.2 Å². The number of nitrogens with zero attached hydrogens (tertiary/aromatic N) is 2. The number of fused-ring (bicyclic) bond motifs is 5. The molecule has 0 saturated heterocycles. The lowest BCUT2D eigenvalue weighted by Gasteiger charge is -2.14. The molecule has 0 aliphatic heterocycles. The van der Waals surface area contributed by atoms with Crippen LogP contribution in [0.4, 0.5) is 0 Å². The average molecular weight is 234 g/mol. The van der Waals surface area contributed by atoms with Gasteiger partial charge in [0.25, 0.3) is 0 Å². The lowest BCUT2D eigenvalue weighted by molar-refractivity contribution is 0.0640. The Morgan fingerprint density at radius 3 is 1.71 bits per heavy atom. The topological polar surface area (TPSA) is 100 Å². The first-order chi connectivity index (χ1) is 8.08. The summed E-state index contributed by atoms with van der Waals surface area (Å²) in [4.78, 5) is 30.0. The fourth-order valence-corrected chi connectivity index (χ4v) is 2.84. The maximum absolute atomic E-state index is 11.0. The number of aromatic carboxylic acids is 2. The second-order valence-corrected chi connectivity index (χ2v) is 4.51. The Balaban J connectivity index is 2.21. The van der Waals surface area contributed by atoms with Gasteiger partial charge < -0.3 is 10.2 Å². The number of carbonyl (C=O) groups is 2. The van der Waals surface area contributed by atoms with Gasteiger partial charge >= 0.3 is 11.9 Å². The summed E-state index contributed by atoms with van der Waals surface area (Å²) in [7, 11) is 0. The molecule has 2 aliphatic carbocycles. The van der Waals surface area contributed by atoms with Crippen LogP contribution in [-0.2, 0) is 0 Å². The minimum absolute atomic E-state index is 0.267. The van der Waals surface area contributed by atoms with Gasteiger partial charge in [-0.1, -0.05) is 0 Å². The summed E-state index contributed by atoms with van der Waals surface area (Å²) in [5, 5.41) is 17.9. The Bertz CT molecular complexity index is 494. The van der Waals surface area contributed by atoms with Crippen molar-refractivity contribution in [2.75, 3.05) is 0 Å². The molecule has 1 fully saturated rings. The molecular weight excluding hydrogens is 224 g/mol. The van der Waals surface area contributed by atoms with E-state index in [1.165, 1.54) is 0 Å². The second kappa shape index (κ2) is 3.26. The van der Waals surface area contributed by atoms with Crippen LogP contribution < -0.4 is 0 Å². The molecule has 0 amide bonds. The number of hydrogen-bond acceptors (Lipinski definition) is 4. The van der Waals surface area contributed by atoms with Crippen molar-refractivity contribution in [2.24, 2.45) is 0 Å². The molecule has 0 radical (unpaired) electrons. The molecule has 17 heavy (non-hydrogen) atoms. The maximum atomic E-state index is 11.0. The zero-order chi connectivity index (χ0) is 12.2. The van der Waals surface area contributed by atoms with E-state index in [1.54, 1.807) is 0 Å². The molecule has 6 heteroatoms. The van der Waals surface area contributed by atoms with Crippen molar-refractivity contribution in [3.05, 3.63) is 22.8 Å². The van der Waals surface area contributed by atoms with Gasteiger partial charge in [0, 0.05) is 11.8 Å². The smallest absolute Gasteiger partial charge is 0.357 e. The quantitative estimate of drug-likeness (QED) is 0.798. The fourth-order valence-electron chi connectivity index (χ4n) is 2.84. The van der Waals surface area contributed by atoms with Gasteiger partial charge in [-0.15, -0.1) is 0 Å². The molecule has 1 aromatic heterocycles. The highest BCUT2D eigenvalue weighted by Crippen LogP contribution is 2.51. The molecule has 1 heterocycles. The molecule has 3 rings (SSSR count). The van der Waals surface area contributed by atoms with Crippen LogP contribution in [0.2, 0.25) is 0 Å². The van der Waals surface area contributed by atoms with Gasteiger partial charge in [-0.3, -0.25) is 0 Å². The van der Waals surface area contributed by atoms with Crippen molar-refractivity contribution in [2.45, 2.75) is 31.1 Å². The van der Waals surface area contributed by atoms with Crippen molar-refractivity contribution in [1.29, 1.82) is 0 Å². The summed E-state index contributed by atoms with van der Waals surface area (Å²) in [6.45, 7) is 0. The fraction of sp³-hybridized carbons (Fsp3) is 0.455. The van der Waals surface area contributed by atoms with Crippen LogP contribution in [0.15, 0.2) is 0 Å². The molecule has 6 nitrogen and oxygen atoms in total. The molecule has 1 aromatic rings. The predicted octanol–water partition coefficient (Wildman–Crippen LogP) is 1.24. The number of hydrogen-bond donors (Lipinski definition) is 2. The zero-order valence-corrected chi connectivity index (χ0v) is 8.88. The molecular formula is C11H10N2O4. The summed E-state index contributed by atoms with van der Waals surface area (Å²) >= 11 is 0. The van der Waals surface area contributed by atoms with Gasteiger partial charge in [0.15, 0.2) is 11.4 Å². The van der Waals surface area contributed by atoms with Crippen LogP contribution in [0.3, 0.4) is 0 Å². The van der Waals surface area contributed by atoms with Gasteiger partial charge in [0.05, 0.1) is 11.4 Å². The Kier molecular flexibility index (Phi) is 1.95. The third-order valence-corrected chi connectivity index (χ3v) is 3.56. The Morgan fingerprint density at radius 2 is 1.35 bits per heavy atom. The summed E-state index contributed by atoms with van der Waals surface area (Å²) in [5.41, 5.74) is 0.514. The van der Waals surface area contributed by atoms with E-state index in [-0.39, 0.29) is 11.8 Å². The largest absolute Gasteiger partial charge is 0.476 e. The first kappa shape index (κ1) is 10.2. The highest BCUT2D eigenvalue weighted by atomic mass is 16.4. The number of aromatic nitrogens is 2. The van der Waals surface area contributed by atoms with E-state index in [0.29, 0.717) is 11.4 Å².